The largest absolute Gasteiger partial charge is 0.432 e. The van der Waals surface area contributed by atoms with Crippen molar-refractivity contribution in [2.24, 2.45) is 23.7 Å². The summed E-state index contributed by atoms with van der Waals surface area (Å²) in [5.41, 5.74) is -0.556. The number of carbonyl (C=O) groups is 1. The monoisotopic (exact) mass is 456 g/mol. The van der Waals surface area contributed by atoms with Gasteiger partial charge in [-0.1, -0.05) is 43.1 Å². The van der Waals surface area contributed by atoms with Crippen molar-refractivity contribution in [1.29, 1.82) is 0 Å². The van der Waals surface area contributed by atoms with Crippen molar-refractivity contribution in [3.63, 3.8) is 0 Å². The van der Waals surface area contributed by atoms with E-state index in [4.69, 9.17) is 47.2 Å². The molecular weight excluding hydrogens is 431 g/mol. The predicted molar refractivity (Wildman–Crippen MR) is 109 cm³/mol. The molecule has 1 aromatic rings. The lowest BCUT2D eigenvalue weighted by Crippen LogP contribution is -2.70. The number of hydrogen-bond acceptors (Lipinski definition) is 6. The van der Waals surface area contributed by atoms with Crippen LogP contribution in [0.1, 0.15) is 56.8 Å². The van der Waals surface area contributed by atoms with E-state index in [-0.39, 0.29) is 33.4 Å². The highest BCUT2D eigenvalue weighted by Gasteiger charge is 2.69. The van der Waals surface area contributed by atoms with Crippen LogP contribution in [0.3, 0.4) is 0 Å². The van der Waals surface area contributed by atoms with Gasteiger partial charge in [-0.25, -0.2) is 14.6 Å². The van der Waals surface area contributed by atoms with Crippen LogP contribution in [0, 0.1) is 23.7 Å². The van der Waals surface area contributed by atoms with Crippen LogP contribution >= 0.6 is 23.2 Å². The molecule has 1 aromatic carbocycles. The summed E-state index contributed by atoms with van der Waals surface area (Å²) in [6.45, 7) is 6.15. The van der Waals surface area contributed by atoms with Crippen molar-refractivity contribution in [2.75, 3.05) is 0 Å². The molecule has 0 aromatic heterocycles. The molecule has 0 unspecified atom stereocenters. The molecule has 0 amide bonds. The second-order valence-corrected chi connectivity index (χ2v) is 10.1. The van der Waals surface area contributed by atoms with Crippen LogP contribution < -0.4 is 0 Å². The lowest BCUT2D eigenvalue weighted by Gasteiger charge is -2.59. The minimum absolute atomic E-state index is 0.0691. The van der Waals surface area contributed by atoms with E-state index in [0.717, 1.165) is 25.7 Å². The average molecular weight is 457 g/mol. The van der Waals surface area contributed by atoms with Gasteiger partial charge in [0.05, 0.1) is 15.6 Å². The topological polar surface area (TPSA) is 63.2 Å². The molecule has 1 saturated carbocycles. The van der Waals surface area contributed by atoms with E-state index < -0.39 is 29.9 Å². The molecule has 6 rings (SSSR count). The zero-order chi connectivity index (χ0) is 21.3. The van der Waals surface area contributed by atoms with Gasteiger partial charge in [0.25, 0.3) is 0 Å². The number of benzene rings is 1. The third kappa shape index (κ3) is 3.03. The third-order valence-electron chi connectivity index (χ3n) is 7.49. The molecule has 2 bridgehead atoms. The maximum atomic E-state index is 12.9. The maximum absolute atomic E-state index is 12.9. The SMILES string of the molecule is C[C@@H]1[C@H](OC(=O)c2c(Cl)cccc2Cl)O[C@H]2O[C@@]3(C)CC[C@@H]4[C@H](C)CC[C@H]1[C@@]24OO3. The molecule has 4 saturated heterocycles. The Morgan fingerprint density at radius 1 is 1.10 bits per heavy atom. The average Bonchev–Trinajstić information content (AvgIpc) is 2.92. The van der Waals surface area contributed by atoms with Gasteiger partial charge in [-0.15, -0.1) is 0 Å². The predicted octanol–water partition coefficient (Wildman–Crippen LogP) is 5.36. The normalized spacial score (nSPS) is 44.8. The van der Waals surface area contributed by atoms with E-state index in [1.807, 2.05) is 13.8 Å². The minimum Gasteiger partial charge on any atom is -0.432 e. The number of halogens is 2. The summed E-state index contributed by atoms with van der Waals surface area (Å²) in [5, 5.41) is 0.487. The molecule has 5 aliphatic rings. The van der Waals surface area contributed by atoms with Crippen molar-refractivity contribution in [3.8, 4) is 0 Å². The van der Waals surface area contributed by atoms with E-state index in [2.05, 4.69) is 6.92 Å². The molecule has 8 heteroatoms. The van der Waals surface area contributed by atoms with Crippen LogP contribution in [-0.4, -0.2) is 29.9 Å². The van der Waals surface area contributed by atoms with Gasteiger partial charge in [0.15, 0.2) is 11.9 Å². The first kappa shape index (κ1) is 21.0. The number of ether oxygens (including phenoxy) is 3. The second kappa shape index (κ2) is 7.32. The quantitative estimate of drug-likeness (QED) is 0.440. The Kier molecular flexibility index (Phi) is 5.12. The summed E-state index contributed by atoms with van der Waals surface area (Å²) in [6.07, 6.45) is 2.19. The van der Waals surface area contributed by atoms with Crippen LogP contribution in [0.5, 0.6) is 0 Å². The van der Waals surface area contributed by atoms with Crippen molar-refractivity contribution in [3.05, 3.63) is 33.8 Å². The Morgan fingerprint density at radius 3 is 2.57 bits per heavy atom. The first-order chi connectivity index (χ1) is 14.2. The first-order valence-corrected chi connectivity index (χ1v) is 11.4. The van der Waals surface area contributed by atoms with E-state index >= 15 is 0 Å². The number of rotatable bonds is 2. The highest BCUT2D eigenvalue weighted by molar-refractivity contribution is 6.39. The van der Waals surface area contributed by atoms with E-state index in [0.29, 0.717) is 5.92 Å². The molecule has 30 heavy (non-hydrogen) atoms. The zero-order valence-corrected chi connectivity index (χ0v) is 18.7. The van der Waals surface area contributed by atoms with Gasteiger partial charge < -0.3 is 14.2 Å². The van der Waals surface area contributed by atoms with Crippen LogP contribution in [0.25, 0.3) is 0 Å². The molecule has 6 nitrogen and oxygen atoms in total. The summed E-state index contributed by atoms with van der Waals surface area (Å²) in [4.78, 5) is 24.8. The lowest BCUT2D eigenvalue weighted by molar-refractivity contribution is -0.576. The van der Waals surface area contributed by atoms with Gasteiger partial charge in [0.1, 0.15) is 0 Å². The molecular formula is C22H26Cl2O6. The van der Waals surface area contributed by atoms with E-state index in [9.17, 15) is 4.79 Å². The Bertz CT molecular complexity index is 844. The third-order valence-corrected chi connectivity index (χ3v) is 8.12. The molecule has 4 heterocycles. The van der Waals surface area contributed by atoms with Crippen LogP contribution in [0.4, 0.5) is 0 Å². The van der Waals surface area contributed by atoms with Gasteiger partial charge in [-0.05, 0) is 50.2 Å². The molecule has 1 spiro atoms. The zero-order valence-electron chi connectivity index (χ0n) is 17.2. The van der Waals surface area contributed by atoms with Crippen LogP contribution in [-0.2, 0) is 24.0 Å². The Hall–Kier alpha value is -0.890. The Labute approximate surface area is 186 Å². The molecule has 1 aliphatic carbocycles. The molecule has 0 radical (unpaired) electrons. The minimum atomic E-state index is -0.876. The van der Waals surface area contributed by atoms with Crippen molar-refractivity contribution in [1.82, 2.24) is 0 Å². The van der Waals surface area contributed by atoms with E-state index in [1.165, 1.54) is 0 Å². The summed E-state index contributed by atoms with van der Waals surface area (Å²) < 4.78 is 18.3. The Balaban J connectivity index is 1.46. The van der Waals surface area contributed by atoms with Crippen LogP contribution in [0.15, 0.2) is 18.2 Å². The molecule has 164 valence electrons. The van der Waals surface area contributed by atoms with Gasteiger partial charge >= 0.3 is 5.97 Å². The number of hydrogen-bond donors (Lipinski definition) is 0. The van der Waals surface area contributed by atoms with Crippen molar-refractivity contribution in [2.45, 2.75) is 70.4 Å². The summed E-state index contributed by atoms with van der Waals surface area (Å²) in [5.74, 6) is -0.813. The smallest absolute Gasteiger partial charge is 0.343 e. The number of esters is 1. The second-order valence-electron chi connectivity index (χ2n) is 9.28. The standard InChI is InChI=1S/C22H26Cl2O6/c1-11-7-8-14-12(2)19(26-18(25)17-15(23)5-4-6-16(17)24)27-20-22(14)13(11)9-10-21(3,28-20)29-30-22/h4-6,11-14,19-20H,7-10H2,1-3H3/t11-,12+,13-,14-,19-,20+,21-,22-/m1/s1. The molecule has 8 atom stereocenters. The summed E-state index contributed by atoms with van der Waals surface area (Å²) in [7, 11) is 0. The molecule has 0 N–H and O–H groups in total. The highest BCUT2D eigenvalue weighted by atomic mass is 35.5. The Morgan fingerprint density at radius 2 is 1.83 bits per heavy atom. The van der Waals surface area contributed by atoms with Crippen molar-refractivity contribution < 1.29 is 28.8 Å². The molecule has 5 fully saturated rings. The van der Waals surface area contributed by atoms with Gasteiger partial charge in [0, 0.05) is 18.3 Å². The summed E-state index contributed by atoms with van der Waals surface area (Å²) in [6, 6.07) is 4.90. The molecule has 4 aliphatic heterocycles. The summed E-state index contributed by atoms with van der Waals surface area (Å²) >= 11 is 12.4. The lowest BCUT2D eigenvalue weighted by atomic mass is 9.58. The highest BCUT2D eigenvalue weighted by Crippen LogP contribution is 2.60. The fourth-order valence-corrected chi connectivity index (χ4v) is 6.42. The van der Waals surface area contributed by atoms with E-state index in [1.54, 1.807) is 18.2 Å². The fraction of sp³-hybridized carbons (Fsp3) is 0.682. The number of carbonyl (C=O) groups excluding carboxylic acids is 1. The number of fused-ring (bicyclic) bond motifs is 2. The maximum Gasteiger partial charge on any atom is 0.343 e. The van der Waals surface area contributed by atoms with Crippen LogP contribution in [0.2, 0.25) is 10.0 Å². The van der Waals surface area contributed by atoms with Gasteiger partial charge in [-0.2, -0.15) is 0 Å². The van der Waals surface area contributed by atoms with Crippen molar-refractivity contribution >= 4 is 29.2 Å². The first-order valence-electron chi connectivity index (χ1n) is 10.6. The van der Waals surface area contributed by atoms with Gasteiger partial charge in [-0.3, -0.25) is 0 Å². The fourth-order valence-electron chi connectivity index (χ4n) is 5.86. The van der Waals surface area contributed by atoms with Gasteiger partial charge in [0.2, 0.25) is 12.1 Å².